The Labute approximate surface area is 155 Å². The lowest BCUT2D eigenvalue weighted by Gasteiger charge is -2.23. The summed E-state index contributed by atoms with van der Waals surface area (Å²) in [5, 5.41) is 0.774. The van der Waals surface area contributed by atoms with Crippen LogP contribution < -0.4 is 0 Å². The first-order chi connectivity index (χ1) is 11.4. The van der Waals surface area contributed by atoms with Gasteiger partial charge in [-0.2, -0.15) is 0 Å². The van der Waals surface area contributed by atoms with Gasteiger partial charge in [0.25, 0.3) is 5.91 Å². The summed E-state index contributed by atoms with van der Waals surface area (Å²) in [6, 6.07) is 10.5. The maximum absolute atomic E-state index is 13.0. The lowest BCUT2D eigenvalue weighted by Crippen LogP contribution is -2.36. The second-order valence-corrected chi connectivity index (χ2v) is 8.71. The summed E-state index contributed by atoms with van der Waals surface area (Å²) in [6.07, 6.45) is 1.82. The minimum Gasteiger partial charge on any atom is -0.331 e. The summed E-state index contributed by atoms with van der Waals surface area (Å²) in [5.74, 6) is 0.173. The van der Waals surface area contributed by atoms with E-state index in [0.29, 0.717) is 6.54 Å². The molecular weight excluding hydrogens is 386 g/mol. The molecule has 0 saturated heterocycles. The van der Waals surface area contributed by atoms with Gasteiger partial charge in [0, 0.05) is 28.0 Å². The van der Waals surface area contributed by atoms with E-state index in [1.807, 2.05) is 18.2 Å². The van der Waals surface area contributed by atoms with Crippen LogP contribution in [0.1, 0.15) is 49.9 Å². The van der Waals surface area contributed by atoms with E-state index in [0.717, 1.165) is 29.0 Å². The van der Waals surface area contributed by atoms with Gasteiger partial charge in [-0.3, -0.25) is 4.79 Å². The number of amides is 1. The van der Waals surface area contributed by atoms with Gasteiger partial charge >= 0.3 is 0 Å². The van der Waals surface area contributed by atoms with Gasteiger partial charge in [0.15, 0.2) is 0 Å². The molecule has 1 aliphatic carbocycles. The highest BCUT2D eigenvalue weighted by Gasteiger charge is 2.37. The Bertz CT molecular complexity index is 846. The molecule has 1 amide bonds. The number of hydrogen-bond acceptors (Lipinski definition) is 1. The third-order valence-electron chi connectivity index (χ3n) is 5.20. The van der Waals surface area contributed by atoms with Crippen LogP contribution in [0.15, 0.2) is 30.3 Å². The van der Waals surface area contributed by atoms with E-state index in [9.17, 15) is 4.79 Å². The number of fused-ring (bicyclic) bond motifs is 2. The molecule has 0 bridgehead atoms. The molecule has 1 aliphatic heterocycles. The smallest absolute Gasteiger partial charge is 0.254 e. The Kier molecular flexibility index (Phi) is 3.97. The summed E-state index contributed by atoms with van der Waals surface area (Å²) in [5.41, 5.74) is 7.04. The summed E-state index contributed by atoms with van der Waals surface area (Å²) >= 11 is 9.80. The van der Waals surface area contributed by atoms with Crippen LogP contribution in [0.25, 0.3) is 0 Å². The Morgan fingerprint density at radius 1 is 1.21 bits per heavy atom. The fraction of sp³-hybridized carbons (Fsp3) is 0.350. The number of carbonyl (C=O) groups excluding carboxylic acids is 1. The highest BCUT2D eigenvalue weighted by atomic mass is 79.9. The predicted molar refractivity (Wildman–Crippen MR) is 101 cm³/mol. The molecule has 4 heteroatoms. The van der Waals surface area contributed by atoms with Crippen LogP contribution in [0.3, 0.4) is 0 Å². The average molecular weight is 405 g/mol. The average Bonchev–Trinajstić information content (AvgIpc) is 3.07. The van der Waals surface area contributed by atoms with E-state index in [4.69, 9.17) is 11.6 Å². The van der Waals surface area contributed by atoms with Crippen LogP contribution in [0.2, 0.25) is 5.02 Å². The number of aryl methyl sites for hydroxylation is 1. The molecule has 0 N–H and O–H groups in total. The second kappa shape index (κ2) is 5.89. The summed E-state index contributed by atoms with van der Waals surface area (Å²) < 4.78 is 0. The first-order valence-corrected chi connectivity index (χ1v) is 9.59. The SMILES string of the molecule is Cc1cc2c(c(C(C)Br)c1)CN(C1Cc3ccc(Cl)cc3C1)C2=O. The second-order valence-electron chi connectivity index (χ2n) is 6.90. The first kappa shape index (κ1) is 16.2. The number of carbonyl (C=O) groups is 1. The van der Waals surface area contributed by atoms with Gasteiger partial charge < -0.3 is 4.90 Å². The van der Waals surface area contributed by atoms with Gasteiger partial charge in [-0.1, -0.05) is 45.2 Å². The molecule has 0 fully saturated rings. The van der Waals surface area contributed by atoms with Crippen LogP contribution in [0.4, 0.5) is 0 Å². The van der Waals surface area contributed by atoms with Crippen LogP contribution in [0.5, 0.6) is 0 Å². The Balaban J connectivity index is 1.66. The lowest BCUT2D eigenvalue weighted by molar-refractivity contribution is 0.0710. The largest absolute Gasteiger partial charge is 0.331 e. The quantitative estimate of drug-likeness (QED) is 0.628. The highest BCUT2D eigenvalue weighted by molar-refractivity contribution is 9.09. The fourth-order valence-corrected chi connectivity index (χ4v) is 4.65. The molecule has 24 heavy (non-hydrogen) atoms. The zero-order valence-corrected chi connectivity index (χ0v) is 16.1. The number of rotatable bonds is 2. The number of benzene rings is 2. The molecule has 2 aliphatic rings. The van der Waals surface area contributed by atoms with Crippen molar-refractivity contribution in [3.63, 3.8) is 0 Å². The standard InChI is InChI=1S/C20H19BrClNO/c1-11-5-17(12(2)21)19-10-23(20(24)18(19)6-11)16-8-13-3-4-15(22)7-14(13)9-16/h3-7,12,16H,8-10H2,1-2H3. The van der Waals surface area contributed by atoms with Gasteiger partial charge in [0.2, 0.25) is 0 Å². The number of nitrogens with zero attached hydrogens (tertiary/aromatic N) is 1. The van der Waals surface area contributed by atoms with Gasteiger partial charge in [-0.25, -0.2) is 0 Å². The minimum atomic E-state index is 0.173. The van der Waals surface area contributed by atoms with E-state index in [-0.39, 0.29) is 16.8 Å². The Morgan fingerprint density at radius 2 is 1.96 bits per heavy atom. The molecule has 2 unspecified atom stereocenters. The number of hydrogen-bond donors (Lipinski definition) is 0. The summed E-state index contributed by atoms with van der Waals surface area (Å²) in [6.45, 7) is 4.89. The molecular formula is C20H19BrClNO. The normalized spacial score (nSPS) is 20.2. The molecule has 0 saturated carbocycles. The Hall–Kier alpha value is -1.32. The van der Waals surface area contributed by atoms with E-state index in [1.165, 1.54) is 22.3 Å². The minimum absolute atomic E-state index is 0.173. The topological polar surface area (TPSA) is 20.3 Å². The van der Waals surface area contributed by atoms with Gasteiger partial charge in [0.05, 0.1) is 0 Å². The molecule has 0 aromatic heterocycles. The molecule has 1 heterocycles. The highest BCUT2D eigenvalue weighted by Crippen LogP contribution is 2.37. The third-order valence-corrected chi connectivity index (χ3v) is 5.93. The van der Waals surface area contributed by atoms with E-state index >= 15 is 0 Å². The van der Waals surface area contributed by atoms with E-state index < -0.39 is 0 Å². The Morgan fingerprint density at radius 3 is 2.71 bits per heavy atom. The first-order valence-electron chi connectivity index (χ1n) is 8.30. The summed E-state index contributed by atoms with van der Waals surface area (Å²) in [7, 11) is 0. The van der Waals surface area contributed by atoms with Gasteiger partial charge in [0.1, 0.15) is 0 Å². The maximum atomic E-state index is 13.0. The predicted octanol–water partition coefficient (Wildman–Crippen LogP) is 5.23. The molecule has 0 spiro atoms. The molecule has 0 radical (unpaired) electrons. The van der Waals surface area contributed by atoms with Crippen molar-refractivity contribution in [1.29, 1.82) is 0 Å². The van der Waals surface area contributed by atoms with Crippen molar-refractivity contribution in [1.82, 2.24) is 4.90 Å². The van der Waals surface area contributed by atoms with Crippen LogP contribution in [-0.2, 0) is 19.4 Å². The van der Waals surface area contributed by atoms with Crippen molar-refractivity contribution in [3.05, 3.63) is 68.7 Å². The van der Waals surface area contributed by atoms with Crippen molar-refractivity contribution in [3.8, 4) is 0 Å². The van der Waals surface area contributed by atoms with E-state index in [2.05, 4.69) is 46.8 Å². The van der Waals surface area contributed by atoms with Crippen LogP contribution in [-0.4, -0.2) is 16.8 Å². The molecule has 2 aromatic carbocycles. The van der Waals surface area contributed by atoms with Crippen molar-refractivity contribution in [2.24, 2.45) is 0 Å². The molecule has 4 rings (SSSR count). The lowest BCUT2D eigenvalue weighted by atomic mass is 9.98. The maximum Gasteiger partial charge on any atom is 0.254 e. The number of halogens is 2. The molecule has 2 atom stereocenters. The van der Waals surface area contributed by atoms with Crippen molar-refractivity contribution in [2.75, 3.05) is 0 Å². The van der Waals surface area contributed by atoms with Crippen LogP contribution in [0, 0.1) is 6.92 Å². The number of alkyl halides is 1. The van der Waals surface area contributed by atoms with Crippen molar-refractivity contribution in [2.45, 2.75) is 44.1 Å². The molecule has 124 valence electrons. The molecule has 2 nitrogen and oxygen atoms in total. The van der Waals surface area contributed by atoms with Gasteiger partial charge in [-0.05, 0) is 67.1 Å². The fourth-order valence-electron chi connectivity index (χ4n) is 4.04. The zero-order valence-electron chi connectivity index (χ0n) is 13.8. The van der Waals surface area contributed by atoms with Crippen LogP contribution >= 0.6 is 27.5 Å². The third kappa shape index (κ3) is 2.58. The summed E-state index contributed by atoms with van der Waals surface area (Å²) in [4.78, 5) is 15.3. The van der Waals surface area contributed by atoms with Gasteiger partial charge in [-0.15, -0.1) is 0 Å². The molecule has 2 aromatic rings. The van der Waals surface area contributed by atoms with Crippen molar-refractivity contribution < 1.29 is 4.79 Å². The monoisotopic (exact) mass is 403 g/mol. The van der Waals surface area contributed by atoms with E-state index in [1.54, 1.807) is 0 Å². The zero-order chi connectivity index (χ0) is 17.0. The van der Waals surface area contributed by atoms with Crippen molar-refractivity contribution >= 4 is 33.4 Å².